The first-order valence-corrected chi connectivity index (χ1v) is 10.2. The number of aromatic nitrogens is 3. The quantitative estimate of drug-likeness (QED) is 0.260. The summed E-state index contributed by atoms with van der Waals surface area (Å²) in [6, 6.07) is 9.83. The second-order valence-corrected chi connectivity index (χ2v) is 7.51. The fraction of sp³-hybridized carbons (Fsp3) is 0.348. The minimum absolute atomic E-state index is 0. The highest BCUT2D eigenvalue weighted by Gasteiger charge is 2.14. The van der Waals surface area contributed by atoms with Gasteiger partial charge in [0.25, 0.3) is 0 Å². The molecular formula is C23H30FIN6O. The molecule has 0 aliphatic heterocycles. The average Bonchev–Trinajstić information content (AvgIpc) is 2.98. The molecule has 0 saturated heterocycles. The van der Waals surface area contributed by atoms with Crippen LogP contribution in [0.1, 0.15) is 29.4 Å². The van der Waals surface area contributed by atoms with Crippen molar-refractivity contribution in [3.05, 3.63) is 70.9 Å². The fourth-order valence-corrected chi connectivity index (χ4v) is 3.31. The van der Waals surface area contributed by atoms with E-state index in [0.29, 0.717) is 24.1 Å². The molecule has 2 heterocycles. The summed E-state index contributed by atoms with van der Waals surface area (Å²) in [5, 5.41) is 11.2. The molecule has 1 aromatic carbocycles. The Kier molecular flexibility index (Phi) is 9.42. The third kappa shape index (κ3) is 6.91. The largest absolute Gasteiger partial charge is 0.439 e. The van der Waals surface area contributed by atoms with Crippen LogP contribution in [0.4, 0.5) is 4.39 Å². The van der Waals surface area contributed by atoms with E-state index in [1.54, 1.807) is 31.4 Å². The molecular weight excluding hydrogens is 522 g/mol. The first-order valence-electron chi connectivity index (χ1n) is 10.2. The summed E-state index contributed by atoms with van der Waals surface area (Å²) in [7, 11) is 3.71. The number of guanidine groups is 1. The van der Waals surface area contributed by atoms with Gasteiger partial charge in [-0.15, -0.1) is 24.0 Å². The highest BCUT2D eigenvalue weighted by atomic mass is 127. The number of hydrogen-bond donors (Lipinski definition) is 2. The second kappa shape index (κ2) is 11.8. The van der Waals surface area contributed by atoms with E-state index in [4.69, 9.17) is 4.74 Å². The zero-order valence-electron chi connectivity index (χ0n) is 19.0. The van der Waals surface area contributed by atoms with Crippen molar-refractivity contribution in [1.82, 2.24) is 25.4 Å². The number of aryl methyl sites for hydroxylation is 2. The Hall–Kier alpha value is -2.69. The minimum Gasteiger partial charge on any atom is -0.439 e. The van der Waals surface area contributed by atoms with Gasteiger partial charge in [0.15, 0.2) is 5.96 Å². The van der Waals surface area contributed by atoms with E-state index in [9.17, 15) is 4.39 Å². The van der Waals surface area contributed by atoms with Gasteiger partial charge in [-0.1, -0.05) is 12.1 Å². The smallest absolute Gasteiger partial charge is 0.219 e. The van der Waals surface area contributed by atoms with Crippen LogP contribution >= 0.6 is 24.0 Å². The lowest BCUT2D eigenvalue weighted by atomic mass is 10.1. The topological polar surface area (TPSA) is 76.4 Å². The van der Waals surface area contributed by atoms with Gasteiger partial charge < -0.3 is 15.4 Å². The molecule has 9 heteroatoms. The lowest BCUT2D eigenvalue weighted by molar-refractivity contribution is 0.457. The van der Waals surface area contributed by atoms with Crippen LogP contribution in [-0.4, -0.2) is 33.8 Å². The summed E-state index contributed by atoms with van der Waals surface area (Å²) < 4.78 is 20.8. The predicted molar refractivity (Wildman–Crippen MR) is 135 cm³/mol. The van der Waals surface area contributed by atoms with E-state index in [2.05, 4.69) is 39.6 Å². The SMILES string of the molecule is CN=C(NCc1ccc(Oc2cccc(F)c2)nc1)NC(C)Cc1c(C)nn(C)c1C.I. The summed E-state index contributed by atoms with van der Waals surface area (Å²) in [4.78, 5) is 8.60. The molecule has 0 radical (unpaired) electrons. The number of halogens is 2. The van der Waals surface area contributed by atoms with E-state index in [-0.39, 0.29) is 35.8 Å². The van der Waals surface area contributed by atoms with Crippen molar-refractivity contribution in [1.29, 1.82) is 0 Å². The number of ether oxygens (including phenoxy) is 1. The Morgan fingerprint density at radius 2 is 2.03 bits per heavy atom. The molecule has 0 saturated carbocycles. The summed E-state index contributed by atoms with van der Waals surface area (Å²) in [5.41, 5.74) is 4.47. The number of aliphatic imine (C=N–C) groups is 1. The Labute approximate surface area is 205 Å². The minimum atomic E-state index is -0.347. The van der Waals surface area contributed by atoms with Gasteiger partial charge in [-0.3, -0.25) is 9.67 Å². The van der Waals surface area contributed by atoms with E-state index in [1.165, 1.54) is 23.4 Å². The van der Waals surface area contributed by atoms with Crippen molar-refractivity contribution in [3.8, 4) is 11.6 Å². The van der Waals surface area contributed by atoms with Gasteiger partial charge in [-0.2, -0.15) is 5.10 Å². The third-order valence-corrected chi connectivity index (χ3v) is 5.05. The van der Waals surface area contributed by atoms with Crippen LogP contribution < -0.4 is 15.4 Å². The van der Waals surface area contributed by atoms with Crippen molar-refractivity contribution in [2.24, 2.45) is 12.0 Å². The Morgan fingerprint density at radius 1 is 1.25 bits per heavy atom. The monoisotopic (exact) mass is 552 g/mol. The summed E-state index contributed by atoms with van der Waals surface area (Å²) in [5.74, 6) is 1.19. The summed E-state index contributed by atoms with van der Waals surface area (Å²) >= 11 is 0. The van der Waals surface area contributed by atoms with Gasteiger partial charge in [0.1, 0.15) is 11.6 Å². The number of hydrogen-bond acceptors (Lipinski definition) is 4. The number of rotatable bonds is 7. The molecule has 0 spiro atoms. The Balaban J connectivity index is 0.00000363. The van der Waals surface area contributed by atoms with E-state index >= 15 is 0 Å². The van der Waals surface area contributed by atoms with Crippen LogP contribution in [0.5, 0.6) is 11.6 Å². The number of nitrogens with zero attached hydrogens (tertiary/aromatic N) is 4. The van der Waals surface area contributed by atoms with Crippen LogP contribution in [-0.2, 0) is 20.0 Å². The number of pyridine rings is 1. The molecule has 0 aliphatic carbocycles. The zero-order valence-corrected chi connectivity index (χ0v) is 21.3. The lowest BCUT2D eigenvalue weighted by Crippen LogP contribution is -2.42. The van der Waals surface area contributed by atoms with E-state index in [0.717, 1.165) is 17.7 Å². The Bertz CT molecular complexity index is 1050. The molecule has 1 atom stereocenters. The Morgan fingerprint density at radius 3 is 2.62 bits per heavy atom. The molecule has 0 fully saturated rings. The molecule has 0 amide bonds. The van der Waals surface area contributed by atoms with Crippen molar-refractivity contribution in [2.45, 2.75) is 39.8 Å². The first-order chi connectivity index (χ1) is 14.9. The van der Waals surface area contributed by atoms with Crippen LogP contribution in [0.25, 0.3) is 0 Å². The maximum absolute atomic E-state index is 13.3. The zero-order chi connectivity index (χ0) is 22.4. The van der Waals surface area contributed by atoms with Gasteiger partial charge >= 0.3 is 0 Å². The molecule has 2 N–H and O–H groups in total. The van der Waals surface area contributed by atoms with Gasteiger partial charge in [-0.05, 0) is 50.5 Å². The van der Waals surface area contributed by atoms with Crippen LogP contribution in [0, 0.1) is 19.7 Å². The normalized spacial score (nSPS) is 12.1. The molecule has 1 unspecified atom stereocenters. The van der Waals surface area contributed by atoms with Crippen LogP contribution in [0.2, 0.25) is 0 Å². The fourth-order valence-electron chi connectivity index (χ4n) is 3.31. The van der Waals surface area contributed by atoms with Gasteiger partial charge in [0.2, 0.25) is 5.88 Å². The van der Waals surface area contributed by atoms with Gasteiger partial charge in [0, 0.05) is 50.7 Å². The molecule has 0 aliphatic rings. The van der Waals surface area contributed by atoms with Crippen molar-refractivity contribution < 1.29 is 9.13 Å². The predicted octanol–water partition coefficient (Wildman–Crippen LogP) is 4.28. The maximum Gasteiger partial charge on any atom is 0.219 e. The second-order valence-electron chi connectivity index (χ2n) is 7.51. The lowest BCUT2D eigenvalue weighted by Gasteiger charge is -2.18. The van der Waals surface area contributed by atoms with Gasteiger partial charge in [-0.25, -0.2) is 9.37 Å². The van der Waals surface area contributed by atoms with Crippen molar-refractivity contribution in [2.75, 3.05) is 7.05 Å². The molecule has 3 rings (SSSR count). The molecule has 172 valence electrons. The highest BCUT2D eigenvalue weighted by molar-refractivity contribution is 14.0. The van der Waals surface area contributed by atoms with Crippen molar-refractivity contribution in [3.63, 3.8) is 0 Å². The molecule has 0 bridgehead atoms. The average molecular weight is 552 g/mol. The maximum atomic E-state index is 13.3. The van der Waals surface area contributed by atoms with Crippen LogP contribution in [0.15, 0.2) is 47.6 Å². The number of benzene rings is 1. The highest BCUT2D eigenvalue weighted by Crippen LogP contribution is 2.20. The van der Waals surface area contributed by atoms with E-state index in [1.807, 2.05) is 24.7 Å². The first kappa shape index (κ1) is 25.6. The molecule has 3 aromatic rings. The van der Waals surface area contributed by atoms with Crippen LogP contribution in [0.3, 0.4) is 0 Å². The molecule has 32 heavy (non-hydrogen) atoms. The molecule has 2 aromatic heterocycles. The standard InChI is InChI=1S/C23H29FN6O.HI/c1-15(11-21-16(2)29-30(5)17(21)3)28-23(25-4)27-14-18-9-10-22(26-13-18)31-20-8-6-7-19(24)12-20;/h6-10,12-13,15H,11,14H2,1-5H3,(H2,25,27,28);1H. The number of nitrogens with one attached hydrogen (secondary N) is 2. The summed E-state index contributed by atoms with van der Waals surface area (Å²) in [6.07, 6.45) is 2.58. The van der Waals surface area contributed by atoms with E-state index < -0.39 is 0 Å². The summed E-state index contributed by atoms with van der Waals surface area (Å²) in [6.45, 7) is 6.81. The third-order valence-electron chi connectivity index (χ3n) is 5.05. The van der Waals surface area contributed by atoms with Gasteiger partial charge in [0.05, 0.1) is 5.69 Å². The van der Waals surface area contributed by atoms with Crippen molar-refractivity contribution >= 4 is 29.9 Å². The molecule has 7 nitrogen and oxygen atoms in total.